The van der Waals surface area contributed by atoms with E-state index >= 15 is 0 Å². The molecule has 0 spiro atoms. The van der Waals surface area contributed by atoms with Crippen LogP contribution in [0.2, 0.25) is 0 Å². The van der Waals surface area contributed by atoms with Crippen LogP contribution < -0.4 is 10.6 Å². The molecule has 0 rings (SSSR count). The predicted octanol–water partition coefficient (Wildman–Crippen LogP) is 2.62. The van der Waals surface area contributed by atoms with Crippen molar-refractivity contribution in [2.24, 2.45) is 4.99 Å². The Hall–Kier alpha value is -0.0800. The van der Waals surface area contributed by atoms with E-state index in [9.17, 15) is 0 Å². The van der Waals surface area contributed by atoms with Crippen molar-refractivity contribution in [2.45, 2.75) is 66.1 Å². The van der Waals surface area contributed by atoms with Gasteiger partial charge < -0.3 is 15.5 Å². The zero-order valence-corrected chi connectivity index (χ0v) is 19.1. The second-order valence-electron chi connectivity index (χ2n) is 7.25. The van der Waals surface area contributed by atoms with Crippen LogP contribution in [0, 0.1) is 0 Å². The van der Waals surface area contributed by atoms with Crippen LogP contribution in [-0.4, -0.2) is 73.7 Å². The Kier molecular flexibility index (Phi) is 13.5. The summed E-state index contributed by atoms with van der Waals surface area (Å²) < 4.78 is 0. The summed E-state index contributed by atoms with van der Waals surface area (Å²) in [6.45, 7) is 19.1. The number of likely N-dealkylation sites (N-methyl/N-ethyl adjacent to an activating group) is 1. The Balaban J connectivity index is 0. The van der Waals surface area contributed by atoms with Gasteiger partial charge >= 0.3 is 0 Å². The average molecular weight is 441 g/mol. The van der Waals surface area contributed by atoms with Gasteiger partial charge in [0.1, 0.15) is 0 Å². The van der Waals surface area contributed by atoms with E-state index in [-0.39, 0.29) is 29.5 Å². The van der Waals surface area contributed by atoms with Crippen molar-refractivity contribution in [3.05, 3.63) is 0 Å². The minimum atomic E-state index is 0. The van der Waals surface area contributed by atoms with Crippen molar-refractivity contribution in [3.8, 4) is 0 Å². The van der Waals surface area contributed by atoms with Gasteiger partial charge in [-0.2, -0.15) is 0 Å². The Labute approximate surface area is 161 Å². The molecule has 0 radical (unpaired) electrons. The molecule has 140 valence electrons. The number of hydrogen-bond acceptors (Lipinski definition) is 3. The Morgan fingerprint density at radius 2 is 1.57 bits per heavy atom. The van der Waals surface area contributed by atoms with Gasteiger partial charge in [0.15, 0.2) is 5.96 Å². The molecule has 6 heteroatoms. The van der Waals surface area contributed by atoms with E-state index in [0.717, 1.165) is 32.1 Å². The van der Waals surface area contributed by atoms with E-state index in [1.165, 1.54) is 0 Å². The van der Waals surface area contributed by atoms with Gasteiger partial charge in [0.25, 0.3) is 0 Å². The van der Waals surface area contributed by atoms with Crippen molar-refractivity contribution in [3.63, 3.8) is 0 Å². The fraction of sp³-hybridized carbons (Fsp3) is 0.941. The summed E-state index contributed by atoms with van der Waals surface area (Å²) in [7, 11) is 4.19. The van der Waals surface area contributed by atoms with Crippen molar-refractivity contribution in [1.82, 2.24) is 20.4 Å². The maximum Gasteiger partial charge on any atom is 0.191 e. The van der Waals surface area contributed by atoms with Crippen LogP contribution >= 0.6 is 24.0 Å². The molecular formula is C17H40IN5. The molecular weight excluding hydrogens is 401 g/mol. The molecule has 0 heterocycles. The van der Waals surface area contributed by atoms with Gasteiger partial charge in [-0.3, -0.25) is 9.89 Å². The molecule has 0 aromatic heterocycles. The van der Waals surface area contributed by atoms with E-state index in [2.05, 4.69) is 83.0 Å². The highest BCUT2D eigenvalue weighted by Crippen LogP contribution is 2.09. The first-order chi connectivity index (χ1) is 10.1. The molecule has 0 amide bonds. The normalized spacial score (nSPS) is 13.0. The summed E-state index contributed by atoms with van der Waals surface area (Å²) in [5.41, 5.74) is 0.0598. The number of hydrogen-bond donors (Lipinski definition) is 2. The molecule has 0 aliphatic heterocycles. The lowest BCUT2D eigenvalue weighted by molar-refractivity contribution is 0.178. The van der Waals surface area contributed by atoms with Gasteiger partial charge in [0.2, 0.25) is 0 Å². The summed E-state index contributed by atoms with van der Waals surface area (Å²) in [4.78, 5) is 9.42. The Morgan fingerprint density at radius 3 is 1.96 bits per heavy atom. The molecule has 0 aliphatic rings. The highest BCUT2D eigenvalue weighted by atomic mass is 127. The molecule has 0 aromatic carbocycles. The van der Waals surface area contributed by atoms with Crippen LogP contribution in [0.3, 0.4) is 0 Å². The highest BCUT2D eigenvalue weighted by molar-refractivity contribution is 14.0. The minimum absolute atomic E-state index is 0. The predicted molar refractivity (Wildman–Crippen MR) is 114 cm³/mol. The zero-order chi connectivity index (χ0) is 17.3. The van der Waals surface area contributed by atoms with Crippen molar-refractivity contribution in [2.75, 3.05) is 40.3 Å². The second kappa shape index (κ2) is 12.3. The zero-order valence-electron chi connectivity index (χ0n) is 16.7. The summed E-state index contributed by atoms with van der Waals surface area (Å²) in [6.07, 6.45) is 0. The van der Waals surface area contributed by atoms with E-state index in [1.54, 1.807) is 0 Å². The number of nitrogens with one attached hydrogen (secondary N) is 2. The monoisotopic (exact) mass is 441 g/mol. The molecule has 5 nitrogen and oxygen atoms in total. The van der Waals surface area contributed by atoms with E-state index < -0.39 is 0 Å². The van der Waals surface area contributed by atoms with E-state index in [0.29, 0.717) is 12.1 Å². The fourth-order valence-corrected chi connectivity index (χ4v) is 2.17. The van der Waals surface area contributed by atoms with Gasteiger partial charge in [-0.15, -0.1) is 24.0 Å². The second-order valence-corrected chi connectivity index (χ2v) is 7.25. The lowest BCUT2D eigenvalue weighted by atomic mass is 10.1. The maximum absolute atomic E-state index is 4.73. The topological polar surface area (TPSA) is 42.9 Å². The lowest BCUT2D eigenvalue weighted by Gasteiger charge is -2.32. The van der Waals surface area contributed by atoms with Crippen LogP contribution in [0.15, 0.2) is 4.99 Å². The van der Waals surface area contributed by atoms with Crippen molar-refractivity contribution < 1.29 is 0 Å². The molecule has 23 heavy (non-hydrogen) atoms. The number of guanidine groups is 1. The Bertz CT molecular complexity index is 319. The Morgan fingerprint density at radius 1 is 1.04 bits per heavy atom. The molecule has 0 unspecified atom stereocenters. The summed E-state index contributed by atoms with van der Waals surface area (Å²) in [5.74, 6) is 0.907. The molecule has 0 saturated carbocycles. The lowest BCUT2D eigenvalue weighted by Crippen LogP contribution is -2.46. The molecule has 0 bridgehead atoms. The quantitative estimate of drug-likeness (QED) is 0.328. The van der Waals surface area contributed by atoms with Gasteiger partial charge in [0, 0.05) is 37.3 Å². The summed E-state index contributed by atoms with van der Waals surface area (Å²) in [6, 6.07) is 1.13. The van der Waals surface area contributed by atoms with Crippen LogP contribution in [0.25, 0.3) is 0 Å². The third kappa shape index (κ3) is 10.4. The largest absolute Gasteiger partial charge is 0.357 e. The number of halogens is 1. The van der Waals surface area contributed by atoms with Crippen LogP contribution in [0.1, 0.15) is 48.5 Å². The van der Waals surface area contributed by atoms with Gasteiger partial charge in [-0.05, 0) is 62.6 Å². The summed E-state index contributed by atoms with van der Waals surface area (Å²) in [5, 5.41) is 6.78. The van der Waals surface area contributed by atoms with Crippen LogP contribution in [0.5, 0.6) is 0 Å². The maximum atomic E-state index is 4.73. The van der Waals surface area contributed by atoms with Crippen molar-refractivity contribution in [1.29, 1.82) is 0 Å². The molecule has 0 saturated heterocycles. The van der Waals surface area contributed by atoms with Gasteiger partial charge in [-0.25, -0.2) is 0 Å². The third-order valence-electron chi connectivity index (χ3n) is 4.17. The van der Waals surface area contributed by atoms with Gasteiger partial charge in [-0.1, -0.05) is 0 Å². The van der Waals surface area contributed by atoms with E-state index in [4.69, 9.17) is 4.99 Å². The molecule has 0 atom stereocenters. The molecule has 2 N–H and O–H groups in total. The average Bonchev–Trinajstić information content (AvgIpc) is 2.39. The fourth-order valence-electron chi connectivity index (χ4n) is 2.17. The molecule has 0 fully saturated rings. The number of rotatable bonds is 9. The summed E-state index contributed by atoms with van der Waals surface area (Å²) >= 11 is 0. The molecule has 0 aromatic rings. The van der Waals surface area contributed by atoms with Crippen LogP contribution in [-0.2, 0) is 0 Å². The van der Waals surface area contributed by atoms with Gasteiger partial charge in [0.05, 0.1) is 6.54 Å². The first kappa shape index (κ1) is 25.2. The van der Waals surface area contributed by atoms with Crippen LogP contribution in [0.4, 0.5) is 0 Å². The number of nitrogens with zero attached hydrogens (tertiary/aromatic N) is 3. The number of aliphatic imine (C=N–C) groups is 1. The SMILES string of the molecule is CCNC(=NCC(C)(C)N(C)C)NCCN(C(C)C)C(C)C.I. The highest BCUT2D eigenvalue weighted by Gasteiger charge is 2.20. The standard InChI is InChI=1S/C17H39N5.HI/c1-10-18-16(20-13-17(6,7)21(8)9)19-11-12-22(14(2)3)15(4)5;/h14-15H,10-13H2,1-9H3,(H2,18,19,20);1H. The molecule has 0 aliphatic carbocycles. The minimum Gasteiger partial charge on any atom is -0.357 e. The first-order valence-electron chi connectivity index (χ1n) is 8.57. The third-order valence-corrected chi connectivity index (χ3v) is 4.17. The smallest absolute Gasteiger partial charge is 0.191 e. The van der Waals surface area contributed by atoms with E-state index in [1.807, 2.05) is 0 Å². The van der Waals surface area contributed by atoms with Crippen molar-refractivity contribution >= 4 is 29.9 Å². The first-order valence-corrected chi connectivity index (χ1v) is 8.57.